The molecule has 4 heterocycles. The Hall–Kier alpha value is -3.82. The minimum atomic E-state index is -2.46. The Balaban J connectivity index is 1.20. The van der Waals surface area contributed by atoms with E-state index in [1.807, 2.05) is 18.2 Å². The van der Waals surface area contributed by atoms with Gasteiger partial charge in [-0.25, -0.2) is 8.89 Å². The normalized spacial score (nSPS) is 17.1. The number of halogens is 1. The fourth-order valence-electron chi connectivity index (χ4n) is 4.57. The van der Waals surface area contributed by atoms with E-state index < -0.39 is 11.2 Å². The fraction of sp³-hybridized carbons (Fsp3) is 0.360. The Kier molecular flexibility index (Phi) is 6.31. The van der Waals surface area contributed by atoms with Gasteiger partial charge in [0.05, 0.1) is 16.5 Å². The molecule has 1 saturated heterocycles. The Bertz CT molecular complexity index is 1480. The molecule has 12 heteroatoms. The van der Waals surface area contributed by atoms with Crippen molar-refractivity contribution in [1.29, 1.82) is 0 Å². The second kappa shape index (κ2) is 9.91. The molecule has 0 spiro atoms. The molecular formula is C25H26FN9OS. The highest BCUT2D eigenvalue weighted by Gasteiger charge is 2.26. The number of rotatable bonds is 8. The first-order valence-electron chi connectivity index (χ1n) is 12.2. The third kappa shape index (κ3) is 5.05. The molecule has 0 radical (unpaired) electrons. The minimum absolute atomic E-state index is 0.188. The van der Waals surface area contributed by atoms with Gasteiger partial charge in [0.25, 0.3) is 0 Å². The number of aromatic nitrogens is 6. The van der Waals surface area contributed by atoms with E-state index in [0.717, 1.165) is 49.4 Å². The van der Waals surface area contributed by atoms with Crippen molar-refractivity contribution < 1.29 is 8.09 Å². The Morgan fingerprint density at radius 2 is 1.95 bits per heavy atom. The molecule has 4 aromatic rings. The number of benzene rings is 1. The second-order valence-corrected chi connectivity index (χ2v) is 10.3. The molecule has 2 N–H and O–H groups in total. The highest BCUT2D eigenvalue weighted by Crippen LogP contribution is 2.40. The van der Waals surface area contributed by atoms with Crippen molar-refractivity contribution in [3.8, 4) is 12.3 Å². The van der Waals surface area contributed by atoms with Crippen LogP contribution >= 0.6 is 0 Å². The van der Waals surface area contributed by atoms with E-state index in [0.29, 0.717) is 35.7 Å². The van der Waals surface area contributed by atoms with Crippen molar-refractivity contribution in [2.75, 3.05) is 36.4 Å². The first-order chi connectivity index (χ1) is 18.1. The molecule has 10 nitrogen and oxygen atoms in total. The number of H-pyrrole nitrogens is 1. The van der Waals surface area contributed by atoms with Crippen LogP contribution in [0.25, 0.3) is 11.0 Å². The maximum Gasteiger partial charge on any atom is 0.231 e. The van der Waals surface area contributed by atoms with Crippen LogP contribution in [0.4, 0.5) is 21.5 Å². The molecule has 2 aliphatic rings. The van der Waals surface area contributed by atoms with Gasteiger partial charge in [0.2, 0.25) is 17.1 Å². The van der Waals surface area contributed by atoms with E-state index in [4.69, 9.17) is 16.4 Å². The first-order valence-corrected chi connectivity index (χ1v) is 13.3. The van der Waals surface area contributed by atoms with Gasteiger partial charge >= 0.3 is 0 Å². The number of hydrogen-bond acceptors (Lipinski definition) is 8. The van der Waals surface area contributed by atoms with E-state index in [9.17, 15) is 8.09 Å². The van der Waals surface area contributed by atoms with Crippen LogP contribution < -0.4 is 10.2 Å². The summed E-state index contributed by atoms with van der Waals surface area (Å²) in [6.07, 6.45) is 9.67. The molecule has 1 atom stereocenters. The lowest BCUT2D eigenvalue weighted by molar-refractivity contribution is 0.248. The fourth-order valence-corrected chi connectivity index (χ4v) is 4.92. The quantitative estimate of drug-likeness (QED) is 0.270. The van der Waals surface area contributed by atoms with Crippen LogP contribution in [0.2, 0.25) is 0 Å². The lowest BCUT2D eigenvalue weighted by Crippen LogP contribution is -2.46. The molecule has 1 saturated carbocycles. The van der Waals surface area contributed by atoms with Gasteiger partial charge in [0.1, 0.15) is 12.4 Å². The van der Waals surface area contributed by atoms with E-state index in [2.05, 4.69) is 36.3 Å². The van der Waals surface area contributed by atoms with Crippen LogP contribution in [-0.4, -0.2) is 65.2 Å². The predicted octanol–water partition coefficient (Wildman–Crippen LogP) is 3.12. The second-order valence-electron chi connectivity index (χ2n) is 9.35. The lowest BCUT2D eigenvalue weighted by atomic mass is 10.2. The van der Waals surface area contributed by atoms with Gasteiger partial charge in [-0.1, -0.05) is 18.1 Å². The summed E-state index contributed by atoms with van der Waals surface area (Å²) in [7, 11) is 0. The number of terminal acetylenes is 1. The topological polar surface area (TPSA) is 108 Å². The molecule has 2 fully saturated rings. The van der Waals surface area contributed by atoms with Crippen molar-refractivity contribution in [2.24, 2.45) is 0 Å². The van der Waals surface area contributed by atoms with Crippen LogP contribution in [0.3, 0.4) is 0 Å². The van der Waals surface area contributed by atoms with Gasteiger partial charge in [-0.05, 0) is 30.5 Å². The highest BCUT2D eigenvalue weighted by molar-refractivity contribution is 7.79. The van der Waals surface area contributed by atoms with Crippen LogP contribution in [-0.2, 0) is 24.3 Å². The molecule has 190 valence electrons. The third-order valence-corrected chi connectivity index (χ3v) is 7.40. The van der Waals surface area contributed by atoms with Crippen molar-refractivity contribution in [3.63, 3.8) is 0 Å². The summed E-state index contributed by atoms with van der Waals surface area (Å²) in [5.41, 5.74) is 2.87. The average molecular weight is 520 g/mol. The van der Waals surface area contributed by atoms with Gasteiger partial charge in [0, 0.05) is 50.4 Å². The third-order valence-electron chi connectivity index (χ3n) is 6.76. The van der Waals surface area contributed by atoms with Crippen molar-refractivity contribution in [2.45, 2.75) is 36.7 Å². The summed E-state index contributed by atoms with van der Waals surface area (Å²) >= 11 is -2.46. The van der Waals surface area contributed by atoms with Gasteiger partial charge in [-0.2, -0.15) is 20.2 Å². The highest BCUT2D eigenvalue weighted by atomic mass is 32.2. The molecule has 3 aromatic heterocycles. The molecule has 0 amide bonds. The number of fused-ring (bicyclic) bond motifs is 1. The molecule has 6 rings (SSSR count). The number of nitrogens with one attached hydrogen (secondary N) is 2. The summed E-state index contributed by atoms with van der Waals surface area (Å²) < 4.78 is 25.7. The molecule has 1 aromatic carbocycles. The summed E-state index contributed by atoms with van der Waals surface area (Å²) in [5.74, 6) is 5.18. The number of aromatic amines is 1. The van der Waals surface area contributed by atoms with E-state index in [1.54, 1.807) is 23.0 Å². The molecule has 1 aliphatic heterocycles. The summed E-state index contributed by atoms with van der Waals surface area (Å²) in [6, 6.07) is 8.83. The van der Waals surface area contributed by atoms with Gasteiger partial charge < -0.3 is 10.2 Å². The lowest BCUT2D eigenvalue weighted by Gasteiger charge is -2.34. The Labute approximate surface area is 216 Å². The minimum Gasteiger partial charge on any atom is -0.338 e. The Morgan fingerprint density at radius 1 is 1.16 bits per heavy atom. The maximum atomic E-state index is 13.0. The van der Waals surface area contributed by atoms with Crippen LogP contribution in [0, 0.1) is 12.3 Å². The molecule has 37 heavy (non-hydrogen) atoms. The van der Waals surface area contributed by atoms with Gasteiger partial charge in [-0.15, -0.1) is 10.3 Å². The number of piperazine rings is 1. The maximum absolute atomic E-state index is 13.0. The van der Waals surface area contributed by atoms with E-state index in [-0.39, 0.29) is 4.90 Å². The van der Waals surface area contributed by atoms with Gasteiger partial charge in [0.15, 0.2) is 11.5 Å². The monoisotopic (exact) mass is 519 g/mol. The van der Waals surface area contributed by atoms with Gasteiger partial charge in [-0.3, -0.25) is 10.00 Å². The van der Waals surface area contributed by atoms with E-state index >= 15 is 0 Å². The summed E-state index contributed by atoms with van der Waals surface area (Å²) in [5, 5.41) is 16.1. The first kappa shape index (κ1) is 23.6. The number of hydrogen-bond donors (Lipinski definition) is 2. The zero-order chi connectivity index (χ0) is 25.4. The van der Waals surface area contributed by atoms with Crippen LogP contribution in [0.5, 0.6) is 0 Å². The zero-order valence-electron chi connectivity index (χ0n) is 20.1. The zero-order valence-corrected chi connectivity index (χ0v) is 20.9. The summed E-state index contributed by atoms with van der Waals surface area (Å²) in [4.78, 5) is 14.4. The van der Waals surface area contributed by atoms with Crippen molar-refractivity contribution in [3.05, 3.63) is 47.8 Å². The standard InChI is InChI=1S/C25H26FN9OS/c1-2-9-35-24-20(15-27-35)23(28-22-14-21(31-32-22)18-5-6-18)29-25(30-24)34-12-10-33(11-13-34)16-17-3-7-19(8-4-17)37(26)36/h1,3-4,7-8,14-15,18H,5-6,9-13,16H2,(H2,28,29,30,31,32). The predicted molar refractivity (Wildman–Crippen MR) is 139 cm³/mol. The molecular weight excluding hydrogens is 493 g/mol. The van der Waals surface area contributed by atoms with E-state index in [1.165, 1.54) is 12.8 Å². The van der Waals surface area contributed by atoms with Crippen molar-refractivity contribution in [1.82, 2.24) is 34.8 Å². The summed E-state index contributed by atoms with van der Waals surface area (Å²) in [6.45, 7) is 4.17. The number of anilines is 3. The largest absolute Gasteiger partial charge is 0.338 e. The SMILES string of the molecule is C#CCn1ncc2c(Nc3cc(C4CC4)[nH]n3)nc(N3CCN(Cc4ccc(S(=O)F)cc4)CC3)nc21. The molecule has 1 aliphatic carbocycles. The van der Waals surface area contributed by atoms with Crippen molar-refractivity contribution >= 4 is 39.8 Å². The molecule has 1 unspecified atom stereocenters. The van der Waals surface area contributed by atoms with Crippen LogP contribution in [0.1, 0.15) is 30.0 Å². The average Bonchev–Trinajstić information content (AvgIpc) is 3.52. The Morgan fingerprint density at radius 3 is 2.65 bits per heavy atom. The number of nitrogens with zero attached hydrogens (tertiary/aromatic N) is 7. The molecule has 0 bridgehead atoms. The van der Waals surface area contributed by atoms with Crippen LogP contribution in [0.15, 0.2) is 41.4 Å². The smallest absolute Gasteiger partial charge is 0.231 e.